The Labute approximate surface area is 151 Å². The highest BCUT2D eigenvalue weighted by Crippen LogP contribution is 2.24. The quantitative estimate of drug-likeness (QED) is 0.463. The van der Waals surface area contributed by atoms with E-state index < -0.39 is 16.8 Å². The molecule has 0 aromatic heterocycles. The van der Waals surface area contributed by atoms with E-state index in [9.17, 15) is 19.7 Å². The van der Waals surface area contributed by atoms with E-state index in [2.05, 4.69) is 4.74 Å². The highest BCUT2D eigenvalue weighted by atomic mass is 16.6. The molecule has 0 radical (unpaired) electrons. The number of hydrogen-bond acceptors (Lipinski definition) is 5. The molecule has 1 amide bonds. The van der Waals surface area contributed by atoms with Crippen molar-refractivity contribution in [3.8, 4) is 0 Å². The topological polar surface area (TPSA) is 89.8 Å². The first-order chi connectivity index (χ1) is 12.3. The lowest BCUT2D eigenvalue weighted by molar-refractivity contribution is -0.384. The van der Waals surface area contributed by atoms with Crippen LogP contribution in [0.2, 0.25) is 0 Å². The van der Waals surface area contributed by atoms with Crippen LogP contribution >= 0.6 is 0 Å². The minimum Gasteiger partial charge on any atom is -0.465 e. The number of aryl methyl sites for hydroxylation is 2. The number of nitro benzene ring substituents is 1. The van der Waals surface area contributed by atoms with Crippen molar-refractivity contribution in [3.05, 3.63) is 68.8 Å². The molecule has 0 aliphatic carbocycles. The van der Waals surface area contributed by atoms with E-state index in [0.717, 1.165) is 17.2 Å². The minimum absolute atomic E-state index is 0.0403. The second-order valence-corrected chi connectivity index (χ2v) is 5.91. The van der Waals surface area contributed by atoms with Crippen LogP contribution in [0, 0.1) is 24.0 Å². The van der Waals surface area contributed by atoms with E-state index in [1.807, 2.05) is 39.0 Å². The van der Waals surface area contributed by atoms with Crippen molar-refractivity contribution in [2.75, 3.05) is 18.6 Å². The van der Waals surface area contributed by atoms with Crippen LogP contribution in [-0.4, -0.2) is 30.5 Å². The van der Waals surface area contributed by atoms with Crippen LogP contribution in [0.25, 0.3) is 0 Å². The van der Waals surface area contributed by atoms with Crippen LogP contribution in [0.4, 0.5) is 11.4 Å². The van der Waals surface area contributed by atoms with Gasteiger partial charge in [-0.1, -0.05) is 6.07 Å². The van der Waals surface area contributed by atoms with Gasteiger partial charge in [0.2, 0.25) is 0 Å². The second-order valence-electron chi connectivity index (χ2n) is 5.91. The zero-order chi connectivity index (χ0) is 19.4. The number of benzene rings is 2. The van der Waals surface area contributed by atoms with Gasteiger partial charge in [-0.25, -0.2) is 4.79 Å². The van der Waals surface area contributed by atoms with Crippen molar-refractivity contribution in [2.24, 2.45) is 0 Å². The van der Waals surface area contributed by atoms with Gasteiger partial charge >= 0.3 is 5.97 Å². The van der Waals surface area contributed by atoms with Gasteiger partial charge in [-0.3, -0.25) is 14.9 Å². The molecule has 2 aromatic rings. The van der Waals surface area contributed by atoms with Gasteiger partial charge in [-0.2, -0.15) is 0 Å². The Bertz CT molecular complexity index is 856. The molecule has 0 fully saturated rings. The summed E-state index contributed by atoms with van der Waals surface area (Å²) in [6.45, 7) is 6.04. The molecule has 7 heteroatoms. The first-order valence-electron chi connectivity index (χ1n) is 8.04. The summed E-state index contributed by atoms with van der Waals surface area (Å²) in [5.41, 5.74) is 2.37. The lowest BCUT2D eigenvalue weighted by atomic mass is 10.1. The van der Waals surface area contributed by atoms with Crippen molar-refractivity contribution < 1.29 is 19.2 Å². The fourth-order valence-electron chi connectivity index (χ4n) is 2.78. The summed E-state index contributed by atoms with van der Waals surface area (Å²) in [7, 11) is 1.18. The van der Waals surface area contributed by atoms with Crippen molar-refractivity contribution >= 4 is 23.3 Å². The SMILES string of the molecule is CCN(C(=O)c1cc(C(=O)OC)cc([N+](=O)[O-])c1)c1cc(C)cc(C)c1. The summed E-state index contributed by atoms with van der Waals surface area (Å²) in [5.74, 6) is -1.16. The number of carbonyl (C=O) groups is 2. The molecule has 0 saturated heterocycles. The molecule has 26 heavy (non-hydrogen) atoms. The van der Waals surface area contributed by atoms with Gasteiger partial charge < -0.3 is 9.64 Å². The van der Waals surface area contributed by atoms with Crippen molar-refractivity contribution in [1.82, 2.24) is 0 Å². The number of hydrogen-bond donors (Lipinski definition) is 0. The third kappa shape index (κ3) is 4.05. The number of nitro groups is 1. The molecule has 0 unspecified atom stereocenters. The Balaban J connectivity index is 2.53. The predicted octanol–water partition coefficient (Wildman–Crippen LogP) is 3.66. The van der Waals surface area contributed by atoms with Gasteiger partial charge in [0.25, 0.3) is 11.6 Å². The molecule has 2 aromatic carbocycles. The van der Waals surface area contributed by atoms with Gasteiger partial charge in [0.05, 0.1) is 17.6 Å². The average Bonchev–Trinajstić information content (AvgIpc) is 2.60. The van der Waals surface area contributed by atoms with Crippen molar-refractivity contribution in [2.45, 2.75) is 20.8 Å². The minimum atomic E-state index is -0.739. The van der Waals surface area contributed by atoms with Crippen LogP contribution in [0.15, 0.2) is 36.4 Å². The molecule has 0 aliphatic rings. The average molecular weight is 356 g/mol. The number of anilines is 1. The maximum Gasteiger partial charge on any atom is 0.338 e. The Hall–Kier alpha value is -3.22. The molecule has 0 aliphatic heterocycles. The number of non-ortho nitro benzene ring substituents is 1. The normalized spacial score (nSPS) is 10.3. The van der Waals surface area contributed by atoms with Crippen molar-refractivity contribution in [3.63, 3.8) is 0 Å². The molecule has 136 valence electrons. The van der Waals surface area contributed by atoms with Gasteiger partial charge in [-0.05, 0) is 50.1 Å². The van der Waals surface area contributed by atoms with Gasteiger partial charge in [0, 0.05) is 29.9 Å². The lowest BCUT2D eigenvalue weighted by Crippen LogP contribution is -2.31. The summed E-state index contributed by atoms with van der Waals surface area (Å²) < 4.78 is 4.62. The number of esters is 1. The molecular weight excluding hydrogens is 336 g/mol. The van der Waals surface area contributed by atoms with Crippen molar-refractivity contribution in [1.29, 1.82) is 0 Å². The zero-order valence-electron chi connectivity index (χ0n) is 15.1. The highest BCUT2D eigenvalue weighted by Gasteiger charge is 2.22. The van der Waals surface area contributed by atoms with Gasteiger partial charge in [0.1, 0.15) is 0 Å². The predicted molar refractivity (Wildman–Crippen MR) is 97.7 cm³/mol. The Kier molecular flexibility index (Phi) is 5.71. The summed E-state index contributed by atoms with van der Waals surface area (Å²) in [5, 5.41) is 11.2. The smallest absolute Gasteiger partial charge is 0.338 e. The molecule has 0 bridgehead atoms. The van der Waals surface area contributed by atoms with Crippen LogP contribution in [0.1, 0.15) is 38.8 Å². The lowest BCUT2D eigenvalue weighted by Gasteiger charge is -2.22. The van der Waals surface area contributed by atoms with E-state index in [4.69, 9.17) is 0 Å². The fraction of sp³-hybridized carbons (Fsp3) is 0.263. The number of carbonyl (C=O) groups excluding carboxylic acids is 2. The first kappa shape index (κ1) is 19.1. The van der Waals surface area contributed by atoms with Crippen LogP contribution < -0.4 is 4.90 Å². The molecule has 0 spiro atoms. The standard InChI is InChI=1S/C19H20N2O5/c1-5-20(16-7-12(2)6-13(3)8-16)18(22)14-9-15(19(23)26-4)11-17(10-14)21(24)25/h6-11H,5H2,1-4H3. The maximum absolute atomic E-state index is 13.0. The first-order valence-corrected chi connectivity index (χ1v) is 8.04. The number of methoxy groups -OCH3 is 1. The number of amides is 1. The molecule has 0 heterocycles. The Morgan fingerprint density at radius 1 is 1.04 bits per heavy atom. The number of ether oxygens (including phenoxy) is 1. The van der Waals surface area contributed by atoms with E-state index >= 15 is 0 Å². The third-order valence-corrected chi connectivity index (χ3v) is 3.88. The monoisotopic (exact) mass is 356 g/mol. The van der Waals surface area contributed by atoms with Gasteiger partial charge in [-0.15, -0.1) is 0 Å². The molecule has 0 atom stereocenters. The van der Waals surface area contributed by atoms with Crippen LogP contribution in [-0.2, 0) is 4.74 Å². The maximum atomic E-state index is 13.0. The number of nitrogens with zero attached hydrogens (tertiary/aromatic N) is 2. The Morgan fingerprint density at radius 2 is 1.62 bits per heavy atom. The summed E-state index contributed by atoms with van der Waals surface area (Å²) in [6.07, 6.45) is 0. The summed E-state index contributed by atoms with van der Waals surface area (Å²) >= 11 is 0. The molecular formula is C19H20N2O5. The van der Waals surface area contributed by atoms with Gasteiger partial charge in [0.15, 0.2) is 0 Å². The molecule has 0 N–H and O–H groups in total. The van der Waals surface area contributed by atoms with E-state index in [0.29, 0.717) is 12.2 Å². The summed E-state index contributed by atoms with van der Waals surface area (Å²) in [6, 6.07) is 9.30. The van der Waals surface area contributed by atoms with E-state index in [1.54, 1.807) is 0 Å². The molecule has 0 saturated carbocycles. The highest BCUT2D eigenvalue weighted by molar-refractivity contribution is 6.07. The largest absolute Gasteiger partial charge is 0.465 e. The van der Waals surface area contributed by atoms with Crippen LogP contribution in [0.5, 0.6) is 0 Å². The summed E-state index contributed by atoms with van der Waals surface area (Å²) in [4.78, 5) is 36.8. The molecule has 2 rings (SSSR count). The zero-order valence-corrected chi connectivity index (χ0v) is 15.1. The van der Waals surface area contributed by atoms with E-state index in [1.165, 1.54) is 24.1 Å². The second kappa shape index (κ2) is 7.77. The molecule has 7 nitrogen and oxygen atoms in total. The third-order valence-electron chi connectivity index (χ3n) is 3.88. The van der Waals surface area contributed by atoms with Crippen LogP contribution in [0.3, 0.4) is 0 Å². The fourth-order valence-corrected chi connectivity index (χ4v) is 2.78. The number of rotatable bonds is 5. The van der Waals surface area contributed by atoms with E-state index in [-0.39, 0.29) is 16.8 Å². The Morgan fingerprint density at radius 3 is 2.12 bits per heavy atom.